The molecule has 7 aromatic carbocycles. The summed E-state index contributed by atoms with van der Waals surface area (Å²) in [5.74, 6) is 3.98. The van der Waals surface area contributed by atoms with Crippen LogP contribution in [0.25, 0.3) is 68.3 Å². The van der Waals surface area contributed by atoms with Gasteiger partial charge in [0, 0.05) is 45.2 Å². The first kappa shape index (κ1) is 35.7. The molecule has 2 heterocycles. The van der Waals surface area contributed by atoms with Crippen molar-refractivity contribution in [3.8, 4) is 68.3 Å². The minimum absolute atomic E-state index is 0.00124. The van der Waals surface area contributed by atoms with Crippen molar-refractivity contribution in [1.82, 2.24) is 29.9 Å². The maximum absolute atomic E-state index is 5.11. The summed E-state index contributed by atoms with van der Waals surface area (Å²) in [6.45, 7) is 6.87. The van der Waals surface area contributed by atoms with Gasteiger partial charge in [0.05, 0.1) is 0 Å². The lowest BCUT2D eigenvalue weighted by atomic mass is 9.60. The first-order chi connectivity index (χ1) is 29.4. The Labute approximate surface area is 349 Å². The Kier molecular flexibility index (Phi) is 8.41. The lowest BCUT2D eigenvalue weighted by molar-refractivity contribution is 0.587. The Balaban J connectivity index is 1.07. The normalized spacial score (nSPS) is 14.9. The van der Waals surface area contributed by atoms with Crippen LogP contribution < -0.4 is 0 Å². The second-order valence-electron chi connectivity index (χ2n) is 16.7. The number of benzene rings is 7. The van der Waals surface area contributed by atoms with Crippen molar-refractivity contribution in [3.05, 3.63) is 215 Å². The molecule has 9 aromatic rings. The van der Waals surface area contributed by atoms with Crippen molar-refractivity contribution in [2.45, 2.75) is 38.0 Å². The van der Waals surface area contributed by atoms with Gasteiger partial charge in [0.15, 0.2) is 34.9 Å². The highest BCUT2D eigenvalue weighted by molar-refractivity contribution is 5.76. The van der Waals surface area contributed by atoms with E-state index in [0.717, 1.165) is 33.4 Å². The van der Waals surface area contributed by atoms with Crippen molar-refractivity contribution in [3.63, 3.8) is 0 Å². The Bertz CT molecular complexity index is 2950. The van der Waals surface area contributed by atoms with Crippen LogP contribution in [0.4, 0.5) is 0 Å². The van der Waals surface area contributed by atoms with E-state index in [0.29, 0.717) is 34.9 Å². The van der Waals surface area contributed by atoms with E-state index in [1.54, 1.807) is 0 Å². The summed E-state index contributed by atoms with van der Waals surface area (Å²) in [5.41, 5.74) is 15.0. The molecule has 286 valence electrons. The summed E-state index contributed by atoms with van der Waals surface area (Å²) in [6, 6.07) is 61.4. The first-order valence-electron chi connectivity index (χ1n) is 20.5. The van der Waals surface area contributed by atoms with Gasteiger partial charge in [-0.3, -0.25) is 0 Å². The van der Waals surface area contributed by atoms with Crippen LogP contribution in [-0.4, -0.2) is 29.9 Å². The van der Waals surface area contributed by atoms with E-state index < -0.39 is 0 Å². The summed E-state index contributed by atoms with van der Waals surface area (Å²) in [5, 5.41) is 0. The Hall–Kier alpha value is -7.44. The second kappa shape index (κ2) is 14.1. The third-order valence-electron chi connectivity index (χ3n) is 11.9. The molecular weight excluding hydrogens is 733 g/mol. The predicted molar refractivity (Wildman–Crippen MR) is 239 cm³/mol. The van der Waals surface area contributed by atoms with Crippen LogP contribution in [0.15, 0.2) is 176 Å². The highest BCUT2D eigenvalue weighted by Crippen LogP contribution is 2.57. The predicted octanol–water partition coefficient (Wildman–Crippen LogP) is 12.3. The van der Waals surface area contributed by atoms with Crippen LogP contribution in [0.2, 0.25) is 0 Å². The van der Waals surface area contributed by atoms with Gasteiger partial charge in [0.2, 0.25) is 0 Å². The molecule has 0 saturated carbocycles. The fourth-order valence-corrected chi connectivity index (χ4v) is 8.89. The molecule has 2 bridgehead atoms. The largest absolute Gasteiger partial charge is 0.208 e. The third kappa shape index (κ3) is 6.20. The lowest BCUT2D eigenvalue weighted by Crippen LogP contribution is -2.28. The summed E-state index contributed by atoms with van der Waals surface area (Å²) in [7, 11) is 0. The molecule has 0 saturated heterocycles. The molecule has 6 nitrogen and oxygen atoms in total. The summed E-state index contributed by atoms with van der Waals surface area (Å²) >= 11 is 0. The third-order valence-corrected chi connectivity index (χ3v) is 11.9. The fraction of sp³-hybridized carbons (Fsp3) is 0.111. The molecular formula is C54H40N6. The highest BCUT2D eigenvalue weighted by Gasteiger charge is 2.42. The lowest BCUT2D eigenvalue weighted by Gasteiger charge is -2.43. The molecule has 60 heavy (non-hydrogen) atoms. The molecule has 0 radical (unpaired) electrons. The van der Waals surface area contributed by atoms with E-state index in [1.165, 1.54) is 38.9 Å². The average Bonchev–Trinajstić information content (AvgIpc) is 3.31. The smallest absolute Gasteiger partial charge is 0.164 e. The van der Waals surface area contributed by atoms with Crippen molar-refractivity contribution < 1.29 is 0 Å². The van der Waals surface area contributed by atoms with Gasteiger partial charge in [-0.2, -0.15) is 0 Å². The van der Waals surface area contributed by atoms with Crippen LogP contribution >= 0.6 is 0 Å². The van der Waals surface area contributed by atoms with Gasteiger partial charge in [-0.1, -0.05) is 185 Å². The minimum Gasteiger partial charge on any atom is -0.208 e. The van der Waals surface area contributed by atoms with Crippen molar-refractivity contribution in [1.29, 1.82) is 0 Å². The molecule has 0 aliphatic heterocycles. The van der Waals surface area contributed by atoms with E-state index in [-0.39, 0.29) is 17.3 Å². The van der Waals surface area contributed by atoms with E-state index in [2.05, 4.69) is 124 Å². The van der Waals surface area contributed by atoms with Gasteiger partial charge >= 0.3 is 0 Å². The fourth-order valence-electron chi connectivity index (χ4n) is 8.89. The number of aromatic nitrogens is 6. The van der Waals surface area contributed by atoms with Crippen LogP contribution in [0.5, 0.6) is 0 Å². The van der Waals surface area contributed by atoms with Crippen LogP contribution in [-0.2, 0) is 5.41 Å². The highest BCUT2D eigenvalue weighted by atomic mass is 15.0. The van der Waals surface area contributed by atoms with Crippen molar-refractivity contribution in [2.75, 3.05) is 0 Å². The van der Waals surface area contributed by atoms with Crippen molar-refractivity contribution >= 4 is 0 Å². The van der Waals surface area contributed by atoms with Gasteiger partial charge < -0.3 is 0 Å². The molecule has 0 fully saturated rings. The molecule has 0 spiro atoms. The van der Waals surface area contributed by atoms with E-state index >= 15 is 0 Å². The second-order valence-corrected chi connectivity index (χ2v) is 16.7. The zero-order valence-corrected chi connectivity index (χ0v) is 33.6. The van der Waals surface area contributed by atoms with E-state index in [1.807, 2.05) is 72.8 Å². The van der Waals surface area contributed by atoms with Gasteiger partial charge in [-0.25, -0.2) is 29.9 Å². The Morgan fingerprint density at radius 2 is 0.567 bits per heavy atom. The topological polar surface area (TPSA) is 77.3 Å². The number of hydrogen-bond donors (Lipinski definition) is 0. The number of hydrogen-bond acceptors (Lipinski definition) is 6. The quantitative estimate of drug-likeness (QED) is 0.167. The maximum atomic E-state index is 5.11. The number of nitrogens with zero attached hydrogens (tertiary/aromatic N) is 6. The van der Waals surface area contributed by atoms with E-state index in [9.17, 15) is 0 Å². The van der Waals surface area contributed by atoms with Crippen LogP contribution in [0, 0.1) is 0 Å². The molecule has 2 atom stereocenters. The standard InChI is InChI=1S/C54H40N6/c1-54(2,3)39-26-29-42-45(32-39)47-41-28-25-37(52-57-48(33-16-8-4-9-17-33)55-49(58-52)34-18-10-5-11-19-34)30-43(41)46(42)40-27-24-38(31-44(40)47)53-59-50(35-20-12-6-13-21-35)56-51(60-53)36-22-14-7-15-23-36/h4-32,46-47H,1-3H3. The molecule has 3 aliphatic carbocycles. The van der Waals surface area contributed by atoms with Crippen molar-refractivity contribution in [2.24, 2.45) is 0 Å². The zero-order chi connectivity index (χ0) is 40.4. The van der Waals surface area contributed by atoms with E-state index in [4.69, 9.17) is 29.9 Å². The van der Waals surface area contributed by atoms with Gasteiger partial charge in [0.1, 0.15) is 0 Å². The first-order valence-corrected chi connectivity index (χ1v) is 20.5. The van der Waals surface area contributed by atoms with Gasteiger partial charge in [-0.05, 0) is 56.5 Å². The summed E-state index contributed by atoms with van der Waals surface area (Å²) < 4.78 is 0. The SMILES string of the molecule is CC(C)(C)c1ccc2c(c1)C1c3ccc(-c4nc(-c5ccccc5)nc(-c5ccccc5)n4)cc3C2c2ccc(-c3nc(-c4ccccc4)nc(-c4ccccc4)n3)cc21. The molecule has 0 amide bonds. The summed E-state index contributed by atoms with van der Waals surface area (Å²) in [4.78, 5) is 30.3. The van der Waals surface area contributed by atoms with Crippen LogP contribution in [0.3, 0.4) is 0 Å². The maximum Gasteiger partial charge on any atom is 0.164 e. The van der Waals surface area contributed by atoms with Crippen LogP contribution in [0.1, 0.15) is 71.6 Å². The Morgan fingerprint density at radius 1 is 0.283 bits per heavy atom. The molecule has 2 unspecified atom stereocenters. The minimum atomic E-state index is 0.00124. The molecule has 0 N–H and O–H groups in total. The molecule has 3 aliphatic rings. The molecule has 12 rings (SSSR count). The zero-order valence-electron chi connectivity index (χ0n) is 33.6. The van der Waals surface area contributed by atoms with Gasteiger partial charge in [-0.15, -0.1) is 0 Å². The monoisotopic (exact) mass is 772 g/mol. The average molecular weight is 773 g/mol. The number of rotatable bonds is 6. The Morgan fingerprint density at radius 3 is 0.900 bits per heavy atom. The molecule has 6 heteroatoms. The van der Waals surface area contributed by atoms with Gasteiger partial charge in [0.25, 0.3) is 0 Å². The summed E-state index contributed by atoms with van der Waals surface area (Å²) in [6.07, 6.45) is 0. The molecule has 2 aromatic heterocycles.